The third-order valence-electron chi connectivity index (χ3n) is 8.18. The number of ether oxygens (including phenoxy) is 1. The molecule has 44 heavy (non-hydrogen) atoms. The number of hydrogen-bond donors (Lipinski definition) is 2. The molecule has 2 N–H and O–H groups in total. The maximum Gasteiger partial charge on any atom is 0.339 e. The number of fused-ring (bicyclic) bond motifs is 1. The Morgan fingerprint density at radius 1 is 0.977 bits per heavy atom. The molecule has 0 bridgehead atoms. The Balaban J connectivity index is 1.34. The Bertz CT molecular complexity index is 1860. The molecule has 0 unspecified atom stereocenters. The minimum atomic E-state index is -0.399. The zero-order valence-electron chi connectivity index (χ0n) is 24.8. The van der Waals surface area contributed by atoms with E-state index >= 15 is 0 Å². The molecular weight excluding hydrogens is 570 g/mol. The average Bonchev–Trinajstić information content (AvgIpc) is 3.53. The lowest BCUT2D eigenvalue weighted by molar-refractivity contribution is -0.116. The summed E-state index contributed by atoms with van der Waals surface area (Å²) in [5.74, 6) is -0.495. The monoisotopic (exact) mass is 603 g/mol. The Morgan fingerprint density at radius 2 is 1.73 bits per heavy atom. The van der Waals surface area contributed by atoms with Crippen LogP contribution in [0.3, 0.4) is 0 Å². The van der Waals surface area contributed by atoms with Crippen molar-refractivity contribution in [2.75, 3.05) is 19.0 Å². The summed E-state index contributed by atoms with van der Waals surface area (Å²) in [5.41, 5.74) is 5.80. The van der Waals surface area contributed by atoms with E-state index in [4.69, 9.17) is 17.0 Å². The summed E-state index contributed by atoms with van der Waals surface area (Å²) in [4.78, 5) is 32.7. The second-order valence-corrected chi connectivity index (χ2v) is 11.2. The van der Waals surface area contributed by atoms with Crippen molar-refractivity contribution in [3.63, 3.8) is 0 Å². The number of hydrogen-bond acceptors (Lipinski definition) is 5. The number of amides is 1. The van der Waals surface area contributed by atoms with Crippen LogP contribution in [0.4, 0.5) is 5.69 Å². The normalized spacial score (nSPS) is 16.2. The number of rotatable bonds is 8. The van der Waals surface area contributed by atoms with Crippen molar-refractivity contribution in [2.45, 2.75) is 32.4 Å². The number of aryl methyl sites for hydroxylation is 1. The van der Waals surface area contributed by atoms with Gasteiger partial charge in [0, 0.05) is 41.6 Å². The molecule has 2 aromatic heterocycles. The van der Waals surface area contributed by atoms with E-state index in [0.717, 1.165) is 44.8 Å². The number of carbonyl (C=O) groups excluding carboxylic acids is 2. The first kappa shape index (κ1) is 29.1. The molecule has 0 saturated carbocycles. The van der Waals surface area contributed by atoms with E-state index in [9.17, 15) is 9.59 Å². The number of aromatic nitrogens is 2. The van der Waals surface area contributed by atoms with Gasteiger partial charge in [-0.1, -0.05) is 54.6 Å². The molecule has 1 amide bonds. The van der Waals surface area contributed by atoms with E-state index in [-0.39, 0.29) is 24.4 Å². The number of anilines is 1. The van der Waals surface area contributed by atoms with Gasteiger partial charge in [0.15, 0.2) is 5.11 Å². The highest BCUT2D eigenvalue weighted by atomic mass is 32.1. The van der Waals surface area contributed by atoms with E-state index in [1.54, 1.807) is 12.3 Å². The number of para-hydroxylation sites is 1. The number of methoxy groups -OCH3 is 1. The highest BCUT2D eigenvalue weighted by Gasteiger charge is 2.41. The summed E-state index contributed by atoms with van der Waals surface area (Å²) >= 11 is 5.87. The summed E-state index contributed by atoms with van der Waals surface area (Å²) in [5, 5.41) is 9.20. The van der Waals surface area contributed by atoms with Crippen LogP contribution in [0.25, 0.3) is 16.5 Å². The number of carbonyl (C=O) groups is 2. The van der Waals surface area contributed by atoms with E-state index in [2.05, 4.69) is 31.2 Å². The van der Waals surface area contributed by atoms with E-state index < -0.39 is 5.97 Å². The number of thiocarbonyl (C=S) groups is 1. The molecule has 0 radical (unpaired) electrons. The fraction of sp³-hybridized carbons (Fsp3) is 0.200. The van der Waals surface area contributed by atoms with Gasteiger partial charge in [0.2, 0.25) is 5.91 Å². The molecule has 1 aliphatic heterocycles. The van der Waals surface area contributed by atoms with Crippen LogP contribution in [0.5, 0.6) is 0 Å². The third-order valence-corrected chi connectivity index (χ3v) is 8.53. The van der Waals surface area contributed by atoms with Gasteiger partial charge >= 0.3 is 5.97 Å². The van der Waals surface area contributed by atoms with Gasteiger partial charge in [-0.25, -0.2) is 4.79 Å². The van der Waals surface area contributed by atoms with Crippen LogP contribution in [0.15, 0.2) is 97.2 Å². The molecule has 0 spiro atoms. The zero-order chi connectivity index (χ0) is 30.8. The molecule has 9 heteroatoms. The van der Waals surface area contributed by atoms with Crippen LogP contribution in [0.1, 0.15) is 51.5 Å². The molecule has 2 atom stereocenters. The van der Waals surface area contributed by atoms with Crippen molar-refractivity contribution in [3.8, 4) is 5.69 Å². The fourth-order valence-electron chi connectivity index (χ4n) is 6.16. The SMILES string of the molecule is COC(=O)c1ccccc1-n1c(C)cc([C@@H]2[C@@H](c3ccccn3)NC(=S)N2CCC(=O)Nc2cccc3ccccc23)c1C. The fourth-order valence-corrected chi connectivity index (χ4v) is 6.49. The van der Waals surface area contributed by atoms with E-state index in [1.165, 1.54) is 7.11 Å². The molecule has 1 fully saturated rings. The number of pyridine rings is 1. The van der Waals surface area contributed by atoms with Gasteiger partial charge in [0.1, 0.15) is 0 Å². The van der Waals surface area contributed by atoms with Crippen molar-refractivity contribution in [2.24, 2.45) is 0 Å². The summed E-state index contributed by atoms with van der Waals surface area (Å²) < 4.78 is 7.15. The van der Waals surface area contributed by atoms with Crippen molar-refractivity contribution >= 4 is 45.7 Å². The molecule has 1 saturated heterocycles. The standard InChI is InChI=1S/C35H33N5O3S/c1-22-21-27(23(2)40(22)30-17-7-6-14-26(30)34(42)43-3)33-32(29-15-8-9-19-36-29)38-35(44)39(33)20-18-31(41)37-28-16-10-12-24-11-4-5-13-25(24)28/h4-17,19,21,32-33H,18,20H2,1-3H3,(H,37,41)(H,38,44)/t32-,33-/m1/s1. The first-order valence-electron chi connectivity index (χ1n) is 14.5. The lowest BCUT2D eigenvalue weighted by Gasteiger charge is -2.28. The van der Waals surface area contributed by atoms with Gasteiger partial charge in [-0.15, -0.1) is 0 Å². The second kappa shape index (κ2) is 12.3. The number of nitrogens with one attached hydrogen (secondary N) is 2. The van der Waals surface area contributed by atoms with Gasteiger partial charge < -0.3 is 24.8 Å². The maximum atomic E-state index is 13.3. The van der Waals surface area contributed by atoms with Gasteiger partial charge in [-0.2, -0.15) is 0 Å². The third kappa shape index (κ3) is 5.42. The second-order valence-electron chi connectivity index (χ2n) is 10.8. The molecule has 3 aromatic carbocycles. The number of nitrogens with zero attached hydrogens (tertiary/aromatic N) is 3. The molecule has 6 rings (SSSR count). The van der Waals surface area contributed by atoms with Crippen LogP contribution in [0.2, 0.25) is 0 Å². The van der Waals surface area contributed by atoms with Crippen LogP contribution in [-0.2, 0) is 9.53 Å². The first-order valence-corrected chi connectivity index (χ1v) is 14.9. The summed E-state index contributed by atoms with van der Waals surface area (Å²) in [6.45, 7) is 4.46. The molecule has 5 aromatic rings. The summed E-state index contributed by atoms with van der Waals surface area (Å²) in [6.07, 6.45) is 2.01. The lowest BCUT2D eigenvalue weighted by atomic mass is 9.96. The molecule has 3 heterocycles. The molecule has 0 aliphatic carbocycles. The predicted octanol–water partition coefficient (Wildman–Crippen LogP) is 6.43. The lowest BCUT2D eigenvalue weighted by Crippen LogP contribution is -2.33. The predicted molar refractivity (Wildman–Crippen MR) is 176 cm³/mol. The van der Waals surface area contributed by atoms with Crippen molar-refractivity contribution in [1.29, 1.82) is 0 Å². The number of benzene rings is 3. The van der Waals surface area contributed by atoms with Gasteiger partial charge in [-0.05, 0) is 73.4 Å². The quantitative estimate of drug-likeness (QED) is 0.156. The number of esters is 1. The van der Waals surface area contributed by atoms with Crippen molar-refractivity contribution in [1.82, 2.24) is 19.8 Å². The Kier molecular flexibility index (Phi) is 8.13. The van der Waals surface area contributed by atoms with Crippen LogP contribution in [-0.4, -0.2) is 45.1 Å². The molecule has 1 aliphatic rings. The molecule has 8 nitrogen and oxygen atoms in total. The van der Waals surface area contributed by atoms with Gasteiger partial charge in [0.25, 0.3) is 0 Å². The largest absolute Gasteiger partial charge is 0.465 e. The van der Waals surface area contributed by atoms with Crippen LogP contribution in [0, 0.1) is 13.8 Å². The minimum Gasteiger partial charge on any atom is -0.465 e. The van der Waals surface area contributed by atoms with Gasteiger partial charge in [-0.3, -0.25) is 9.78 Å². The Hall–Kier alpha value is -5.02. The summed E-state index contributed by atoms with van der Waals surface area (Å²) in [7, 11) is 1.39. The topological polar surface area (TPSA) is 88.5 Å². The zero-order valence-corrected chi connectivity index (χ0v) is 25.6. The first-order chi connectivity index (χ1) is 21.4. The minimum absolute atomic E-state index is 0.0957. The summed E-state index contributed by atoms with van der Waals surface area (Å²) in [6, 6.07) is 28.8. The van der Waals surface area contributed by atoms with Crippen LogP contribution < -0.4 is 10.6 Å². The highest BCUT2D eigenvalue weighted by Crippen LogP contribution is 2.41. The van der Waals surface area contributed by atoms with Gasteiger partial charge in [0.05, 0.1) is 36.1 Å². The smallest absolute Gasteiger partial charge is 0.339 e. The average molecular weight is 604 g/mol. The highest BCUT2D eigenvalue weighted by molar-refractivity contribution is 7.80. The molecular formula is C35H33N5O3S. The van der Waals surface area contributed by atoms with Crippen LogP contribution >= 0.6 is 12.2 Å². The Morgan fingerprint density at radius 3 is 2.52 bits per heavy atom. The van der Waals surface area contributed by atoms with E-state index in [1.807, 2.05) is 92.7 Å². The van der Waals surface area contributed by atoms with Crippen molar-refractivity contribution < 1.29 is 14.3 Å². The molecule has 222 valence electrons. The van der Waals surface area contributed by atoms with E-state index in [0.29, 0.717) is 17.2 Å². The maximum absolute atomic E-state index is 13.3. The van der Waals surface area contributed by atoms with Crippen molar-refractivity contribution in [3.05, 3.63) is 125 Å². The Labute approximate surface area is 261 Å².